The van der Waals surface area contributed by atoms with Crippen molar-refractivity contribution in [3.63, 3.8) is 0 Å². The van der Waals surface area contributed by atoms with Gasteiger partial charge in [0.05, 0.1) is 26.3 Å². The maximum atomic E-state index is 12.1. The van der Waals surface area contributed by atoms with Gasteiger partial charge in [-0.25, -0.2) is 5.48 Å². The molecule has 2 rings (SSSR count). The van der Waals surface area contributed by atoms with Crippen LogP contribution in [0.3, 0.4) is 0 Å². The zero-order valence-corrected chi connectivity index (χ0v) is 19.0. The molecular formula is C23H33N3O6. The third-order valence-corrected chi connectivity index (χ3v) is 4.30. The lowest BCUT2D eigenvalue weighted by atomic mass is 10.0. The summed E-state index contributed by atoms with van der Waals surface area (Å²) in [5, 5.41) is 19.6. The lowest BCUT2D eigenvalue weighted by molar-refractivity contribution is -0.372. The molecule has 9 heteroatoms. The number of hydrogen-bond donors (Lipinski definition) is 3. The monoisotopic (exact) mass is 447 g/mol. The van der Waals surface area contributed by atoms with E-state index < -0.39 is 17.9 Å². The Morgan fingerprint density at radius 2 is 1.59 bits per heavy atom. The molecule has 0 spiro atoms. The Morgan fingerprint density at radius 1 is 1.09 bits per heavy atom. The summed E-state index contributed by atoms with van der Waals surface area (Å²) in [6, 6.07) is 15.3. The number of nitrogens with one attached hydrogen (secondary N) is 1. The van der Waals surface area contributed by atoms with E-state index in [-0.39, 0.29) is 6.10 Å². The minimum Gasteiger partial charge on any atom is -0.550 e. The van der Waals surface area contributed by atoms with Gasteiger partial charge in [0.1, 0.15) is 11.8 Å². The molecule has 176 valence electrons. The molecule has 2 aromatic carbocycles. The SMILES string of the molecule is CC(=O)[O-].COc1ccc(-c2ccc(CN(OC(C)C)[C@H](CC[NH3+])C(=O)NO)cc2)cc1. The standard InChI is InChI=1S/C21H29N3O4.C2H4O2/c1-15(2)28-24(20(12-13-22)21(25)23-26)14-16-4-6-17(7-5-16)18-8-10-19(27-3)11-9-18;1-2(3)4/h4-11,15,20,26H,12-14,22H2,1-3H3,(H,23,25);1H3,(H,3,4)/t20-;/m1./s1. The average molecular weight is 448 g/mol. The minimum atomic E-state index is -1.08. The van der Waals surface area contributed by atoms with Gasteiger partial charge in [-0.15, -0.1) is 0 Å². The van der Waals surface area contributed by atoms with Gasteiger partial charge in [0, 0.05) is 12.4 Å². The van der Waals surface area contributed by atoms with Crippen LogP contribution in [-0.2, 0) is 21.0 Å². The normalized spacial score (nSPS) is 11.5. The number of amides is 1. The minimum absolute atomic E-state index is 0.0996. The number of carbonyl (C=O) groups is 2. The van der Waals surface area contributed by atoms with Gasteiger partial charge in [-0.2, -0.15) is 5.06 Å². The van der Waals surface area contributed by atoms with Crippen LogP contribution in [0.5, 0.6) is 5.75 Å². The van der Waals surface area contributed by atoms with E-state index in [4.69, 9.17) is 24.7 Å². The van der Waals surface area contributed by atoms with E-state index >= 15 is 0 Å². The number of benzene rings is 2. The first kappa shape index (κ1) is 27.1. The van der Waals surface area contributed by atoms with Crippen LogP contribution in [0.25, 0.3) is 11.1 Å². The average Bonchev–Trinajstić information content (AvgIpc) is 2.76. The summed E-state index contributed by atoms with van der Waals surface area (Å²) in [4.78, 5) is 26.8. The maximum absolute atomic E-state index is 12.1. The molecule has 1 atom stereocenters. The molecule has 0 bridgehead atoms. The number of carboxylic acids is 1. The number of ether oxygens (including phenoxy) is 1. The number of methoxy groups -OCH3 is 1. The van der Waals surface area contributed by atoms with Gasteiger partial charge >= 0.3 is 0 Å². The molecule has 0 heterocycles. The molecule has 0 aliphatic heterocycles. The van der Waals surface area contributed by atoms with Gasteiger partial charge in [-0.05, 0) is 49.6 Å². The maximum Gasteiger partial charge on any atom is 0.263 e. The molecule has 0 saturated carbocycles. The third-order valence-electron chi connectivity index (χ3n) is 4.30. The molecule has 9 nitrogen and oxygen atoms in total. The Bertz CT molecular complexity index is 821. The van der Waals surface area contributed by atoms with E-state index in [0.717, 1.165) is 29.4 Å². The van der Waals surface area contributed by atoms with Gasteiger partial charge in [-0.3, -0.25) is 14.8 Å². The molecule has 0 saturated heterocycles. The lowest BCUT2D eigenvalue weighted by Gasteiger charge is -2.30. The van der Waals surface area contributed by atoms with Gasteiger partial charge in [0.2, 0.25) is 0 Å². The summed E-state index contributed by atoms with van der Waals surface area (Å²) >= 11 is 0. The predicted molar refractivity (Wildman–Crippen MR) is 117 cm³/mol. The molecule has 5 N–H and O–H groups in total. The van der Waals surface area contributed by atoms with Crippen molar-refractivity contribution in [2.45, 2.75) is 45.9 Å². The number of carboxylic acid groups (broad SMARTS) is 1. The zero-order chi connectivity index (χ0) is 24.1. The van der Waals surface area contributed by atoms with Crippen LogP contribution >= 0.6 is 0 Å². The fraction of sp³-hybridized carbons (Fsp3) is 0.391. The number of carbonyl (C=O) groups excluding carboxylic acids is 2. The largest absolute Gasteiger partial charge is 0.550 e. The first-order valence-electron chi connectivity index (χ1n) is 10.3. The highest BCUT2D eigenvalue weighted by molar-refractivity contribution is 5.80. The van der Waals surface area contributed by atoms with Gasteiger partial charge in [0.15, 0.2) is 0 Å². The molecular weight excluding hydrogens is 414 g/mol. The van der Waals surface area contributed by atoms with Crippen LogP contribution in [0.1, 0.15) is 32.8 Å². The van der Waals surface area contributed by atoms with E-state index in [9.17, 15) is 4.79 Å². The highest BCUT2D eigenvalue weighted by Gasteiger charge is 2.27. The van der Waals surface area contributed by atoms with E-state index in [1.165, 1.54) is 0 Å². The number of rotatable bonds is 10. The molecule has 2 aromatic rings. The van der Waals surface area contributed by atoms with Crippen molar-refractivity contribution in [1.29, 1.82) is 0 Å². The molecule has 1 amide bonds. The van der Waals surface area contributed by atoms with E-state index in [0.29, 0.717) is 19.5 Å². The smallest absolute Gasteiger partial charge is 0.263 e. The second-order valence-corrected chi connectivity index (χ2v) is 7.28. The quantitative estimate of drug-likeness (QED) is 0.361. The first-order chi connectivity index (χ1) is 15.2. The topological polar surface area (TPSA) is 139 Å². The van der Waals surface area contributed by atoms with Crippen molar-refractivity contribution in [2.75, 3.05) is 13.7 Å². The van der Waals surface area contributed by atoms with Crippen molar-refractivity contribution < 1.29 is 35.2 Å². The summed E-state index contributed by atoms with van der Waals surface area (Å²) < 4.78 is 5.20. The summed E-state index contributed by atoms with van der Waals surface area (Å²) in [7, 11) is 1.65. The summed E-state index contributed by atoms with van der Waals surface area (Å²) in [5.41, 5.74) is 8.73. The van der Waals surface area contributed by atoms with Gasteiger partial charge in [0.25, 0.3) is 5.91 Å². The molecule has 0 aromatic heterocycles. The number of hydroxylamine groups is 3. The van der Waals surface area contributed by atoms with Crippen LogP contribution in [0.15, 0.2) is 48.5 Å². The van der Waals surface area contributed by atoms with Gasteiger partial charge < -0.3 is 20.4 Å². The predicted octanol–water partition coefficient (Wildman–Crippen LogP) is 0.766. The van der Waals surface area contributed by atoms with E-state index in [1.807, 2.05) is 62.4 Å². The van der Waals surface area contributed by atoms with Crippen molar-refractivity contribution in [3.8, 4) is 16.9 Å². The Hall–Kier alpha value is -2.98. The third kappa shape index (κ3) is 9.44. The van der Waals surface area contributed by atoms with E-state index in [1.54, 1.807) is 17.7 Å². The Morgan fingerprint density at radius 3 is 2.00 bits per heavy atom. The lowest BCUT2D eigenvalue weighted by Crippen LogP contribution is -2.55. The number of quaternary nitrogens is 1. The Kier molecular flexibility index (Phi) is 12.0. The fourth-order valence-corrected chi connectivity index (χ4v) is 2.93. The van der Waals surface area contributed by atoms with Crippen LogP contribution in [0, 0.1) is 0 Å². The Labute approximate surface area is 188 Å². The molecule has 32 heavy (non-hydrogen) atoms. The number of aliphatic carboxylic acids is 1. The van der Waals surface area contributed by atoms with Crippen molar-refractivity contribution in [1.82, 2.24) is 10.5 Å². The number of nitrogens with zero attached hydrogens (tertiary/aromatic N) is 1. The highest BCUT2D eigenvalue weighted by atomic mass is 16.7. The molecule has 0 fully saturated rings. The van der Waals surface area contributed by atoms with Crippen LogP contribution in [0.4, 0.5) is 0 Å². The summed E-state index contributed by atoms with van der Waals surface area (Å²) in [6.45, 7) is 5.74. The van der Waals surface area contributed by atoms with Crippen molar-refractivity contribution in [2.24, 2.45) is 0 Å². The second kappa shape index (κ2) is 14.2. The van der Waals surface area contributed by atoms with Crippen LogP contribution in [-0.4, -0.2) is 47.9 Å². The van der Waals surface area contributed by atoms with Crippen LogP contribution < -0.4 is 21.1 Å². The number of hydrogen-bond acceptors (Lipinski definition) is 7. The fourth-order valence-electron chi connectivity index (χ4n) is 2.93. The first-order valence-corrected chi connectivity index (χ1v) is 10.3. The van der Waals surface area contributed by atoms with E-state index in [2.05, 4.69) is 5.73 Å². The summed E-state index contributed by atoms with van der Waals surface area (Å²) in [5.74, 6) is -0.764. The molecule has 0 unspecified atom stereocenters. The molecule has 0 aliphatic rings. The van der Waals surface area contributed by atoms with Crippen molar-refractivity contribution >= 4 is 11.9 Å². The molecule has 0 aliphatic carbocycles. The Balaban J connectivity index is 0.00000118. The van der Waals surface area contributed by atoms with Crippen LogP contribution in [0.2, 0.25) is 0 Å². The van der Waals surface area contributed by atoms with Gasteiger partial charge in [-0.1, -0.05) is 36.4 Å². The highest BCUT2D eigenvalue weighted by Crippen LogP contribution is 2.23. The zero-order valence-electron chi connectivity index (χ0n) is 19.0. The van der Waals surface area contributed by atoms with Crippen molar-refractivity contribution in [3.05, 3.63) is 54.1 Å². The second-order valence-electron chi connectivity index (χ2n) is 7.28. The summed E-state index contributed by atoms with van der Waals surface area (Å²) in [6.07, 6.45) is 0.376. The molecule has 0 radical (unpaired) electrons.